The van der Waals surface area contributed by atoms with Crippen LogP contribution in [0.1, 0.15) is 44.2 Å². The van der Waals surface area contributed by atoms with Crippen LogP contribution in [0.2, 0.25) is 0 Å². The zero-order chi connectivity index (χ0) is 22.1. The fraction of sp³-hybridized carbons (Fsp3) is 0.524. The first-order chi connectivity index (χ1) is 14.4. The van der Waals surface area contributed by atoms with Crippen LogP contribution in [0.4, 0.5) is 0 Å². The highest BCUT2D eigenvalue weighted by molar-refractivity contribution is 5.86. The fourth-order valence-corrected chi connectivity index (χ4v) is 3.49. The number of hydrogen-bond donors (Lipinski definition) is 2. The monoisotopic (exact) mass is 419 g/mol. The lowest BCUT2D eigenvalue weighted by Gasteiger charge is -2.40. The number of likely N-dealkylation sites (tertiary alicyclic amines) is 1. The molecular formula is C21H29N3O6. The van der Waals surface area contributed by atoms with E-state index in [1.165, 1.54) is 0 Å². The van der Waals surface area contributed by atoms with Gasteiger partial charge in [-0.2, -0.15) is 0 Å². The third-order valence-corrected chi connectivity index (χ3v) is 5.02. The summed E-state index contributed by atoms with van der Waals surface area (Å²) >= 11 is 0. The molecule has 2 atom stereocenters. The minimum absolute atomic E-state index is 0.00693. The molecule has 1 saturated heterocycles. The predicted octanol–water partition coefficient (Wildman–Crippen LogP) is 0.920. The van der Waals surface area contributed by atoms with Gasteiger partial charge < -0.3 is 25.4 Å². The van der Waals surface area contributed by atoms with Gasteiger partial charge in [-0.25, -0.2) is 0 Å². The number of carbonyl (C=O) groups is 4. The third-order valence-electron chi connectivity index (χ3n) is 5.02. The van der Waals surface area contributed by atoms with Crippen LogP contribution >= 0.6 is 0 Å². The molecule has 9 nitrogen and oxygen atoms in total. The van der Waals surface area contributed by atoms with Crippen molar-refractivity contribution in [3.8, 4) is 5.75 Å². The highest BCUT2D eigenvalue weighted by Crippen LogP contribution is 2.38. The second-order valence-electron chi connectivity index (χ2n) is 7.15. The summed E-state index contributed by atoms with van der Waals surface area (Å²) in [6.45, 7) is 1.73. The van der Waals surface area contributed by atoms with E-state index in [0.29, 0.717) is 18.7 Å². The van der Waals surface area contributed by atoms with Crippen LogP contribution in [0.25, 0.3) is 0 Å². The lowest BCUT2D eigenvalue weighted by Crippen LogP contribution is -2.46. The number of rotatable bonds is 10. The molecule has 1 aliphatic heterocycles. The van der Waals surface area contributed by atoms with Crippen LogP contribution in [0.3, 0.4) is 0 Å². The van der Waals surface area contributed by atoms with Crippen LogP contribution in [0, 0.1) is 5.92 Å². The number of unbranched alkanes of at least 4 members (excludes halogenated alkanes) is 1. The van der Waals surface area contributed by atoms with Crippen molar-refractivity contribution >= 4 is 23.7 Å². The number of methoxy groups -OCH3 is 1. The van der Waals surface area contributed by atoms with E-state index < -0.39 is 36.4 Å². The average Bonchev–Trinajstić information content (AvgIpc) is 2.75. The Morgan fingerprint density at radius 1 is 1.23 bits per heavy atom. The minimum atomic E-state index is -0.688. The van der Waals surface area contributed by atoms with E-state index >= 15 is 0 Å². The second kappa shape index (κ2) is 11.2. The van der Waals surface area contributed by atoms with Crippen molar-refractivity contribution in [1.29, 1.82) is 0 Å². The summed E-state index contributed by atoms with van der Waals surface area (Å²) in [6, 6.07) is 6.75. The molecule has 0 bridgehead atoms. The van der Waals surface area contributed by atoms with E-state index in [4.69, 9.17) is 15.2 Å². The van der Waals surface area contributed by atoms with E-state index in [1.54, 1.807) is 24.1 Å². The van der Waals surface area contributed by atoms with Gasteiger partial charge in [0.2, 0.25) is 11.8 Å². The Morgan fingerprint density at radius 2 is 1.93 bits per heavy atom. The van der Waals surface area contributed by atoms with Gasteiger partial charge in [-0.05, 0) is 30.5 Å². The topological polar surface area (TPSA) is 128 Å². The Morgan fingerprint density at radius 3 is 2.53 bits per heavy atom. The molecule has 0 saturated carbocycles. The smallest absolute Gasteiger partial charge is 0.311 e. The number of nitrogens with one attached hydrogen (secondary N) is 1. The summed E-state index contributed by atoms with van der Waals surface area (Å²) in [4.78, 5) is 49.7. The van der Waals surface area contributed by atoms with Gasteiger partial charge in [-0.15, -0.1) is 0 Å². The molecule has 1 aromatic rings. The SMILES string of the molecule is CCCCN1C(=O)CC[C@@H](C(=O)OCC(=O)NCC(N)=O)[C@@H]1c1ccc(OC)cc1. The second-order valence-corrected chi connectivity index (χ2v) is 7.15. The third kappa shape index (κ3) is 6.20. The minimum Gasteiger partial charge on any atom is -0.497 e. The molecule has 3 N–H and O–H groups in total. The molecule has 30 heavy (non-hydrogen) atoms. The van der Waals surface area contributed by atoms with Gasteiger partial charge in [-0.3, -0.25) is 19.2 Å². The van der Waals surface area contributed by atoms with E-state index in [1.807, 2.05) is 19.1 Å². The molecule has 0 radical (unpaired) electrons. The van der Waals surface area contributed by atoms with Gasteiger partial charge in [0.1, 0.15) is 5.75 Å². The number of benzene rings is 1. The van der Waals surface area contributed by atoms with Crippen molar-refractivity contribution in [2.24, 2.45) is 11.7 Å². The molecule has 3 amide bonds. The summed E-state index contributed by atoms with van der Waals surface area (Å²) in [5.41, 5.74) is 5.78. The highest BCUT2D eigenvalue weighted by atomic mass is 16.5. The Hall–Kier alpha value is -3.10. The number of nitrogens with zero attached hydrogens (tertiary/aromatic N) is 1. The number of ether oxygens (including phenoxy) is 2. The maximum Gasteiger partial charge on any atom is 0.311 e. The number of nitrogens with two attached hydrogens (primary N) is 1. The van der Waals surface area contributed by atoms with Gasteiger partial charge in [0.15, 0.2) is 6.61 Å². The fourth-order valence-electron chi connectivity index (χ4n) is 3.49. The summed E-state index contributed by atoms with van der Waals surface area (Å²) in [5.74, 6) is -1.79. The molecule has 1 heterocycles. The van der Waals surface area contributed by atoms with Crippen LogP contribution in [-0.2, 0) is 23.9 Å². The van der Waals surface area contributed by atoms with Crippen molar-refractivity contribution in [2.75, 3.05) is 26.8 Å². The number of hydrogen-bond acceptors (Lipinski definition) is 6. The molecule has 0 spiro atoms. The number of carbonyl (C=O) groups excluding carboxylic acids is 4. The van der Waals surface area contributed by atoms with Crippen LogP contribution < -0.4 is 15.8 Å². The van der Waals surface area contributed by atoms with Gasteiger partial charge in [0, 0.05) is 13.0 Å². The number of piperidine rings is 1. The lowest BCUT2D eigenvalue weighted by atomic mass is 9.84. The van der Waals surface area contributed by atoms with E-state index in [0.717, 1.165) is 18.4 Å². The van der Waals surface area contributed by atoms with Gasteiger partial charge in [-0.1, -0.05) is 25.5 Å². The number of primary amides is 1. The van der Waals surface area contributed by atoms with Crippen molar-refractivity contribution in [3.05, 3.63) is 29.8 Å². The van der Waals surface area contributed by atoms with Crippen molar-refractivity contribution in [2.45, 2.75) is 38.6 Å². The quantitative estimate of drug-likeness (QED) is 0.543. The Balaban J connectivity index is 2.18. The molecule has 9 heteroatoms. The van der Waals surface area contributed by atoms with Crippen LogP contribution in [0.15, 0.2) is 24.3 Å². The average molecular weight is 419 g/mol. The number of amides is 3. The maximum atomic E-state index is 12.8. The van der Waals surface area contributed by atoms with E-state index in [-0.39, 0.29) is 18.9 Å². The molecule has 0 unspecified atom stereocenters. The highest BCUT2D eigenvalue weighted by Gasteiger charge is 2.41. The standard InChI is InChI=1S/C21H29N3O6/c1-3-4-11-24-19(27)10-9-16(20(24)14-5-7-15(29-2)8-6-14)21(28)30-13-18(26)23-12-17(22)25/h5-8,16,20H,3-4,9-13H2,1-2H3,(H2,22,25)(H,23,26)/t16-,20+/m1/s1. The largest absolute Gasteiger partial charge is 0.497 e. The summed E-state index contributed by atoms with van der Waals surface area (Å²) in [5, 5.41) is 2.27. The van der Waals surface area contributed by atoms with Crippen LogP contribution in [-0.4, -0.2) is 55.4 Å². The predicted molar refractivity (Wildman–Crippen MR) is 108 cm³/mol. The Labute approximate surface area is 175 Å². The normalized spacial score (nSPS) is 18.6. The Kier molecular flexibility index (Phi) is 8.64. The molecular weight excluding hydrogens is 390 g/mol. The molecule has 164 valence electrons. The first kappa shape index (κ1) is 23.2. The lowest BCUT2D eigenvalue weighted by molar-refractivity contribution is -0.159. The van der Waals surface area contributed by atoms with Crippen molar-refractivity contribution in [3.63, 3.8) is 0 Å². The van der Waals surface area contributed by atoms with Crippen LogP contribution in [0.5, 0.6) is 5.75 Å². The summed E-state index contributed by atoms with van der Waals surface area (Å²) < 4.78 is 10.4. The maximum absolute atomic E-state index is 12.8. The zero-order valence-electron chi connectivity index (χ0n) is 17.4. The molecule has 1 aromatic carbocycles. The molecule has 2 rings (SSSR count). The van der Waals surface area contributed by atoms with Gasteiger partial charge in [0.05, 0.1) is 25.6 Å². The van der Waals surface area contributed by atoms with E-state index in [2.05, 4.69) is 5.32 Å². The molecule has 0 aromatic heterocycles. The van der Waals surface area contributed by atoms with Gasteiger partial charge >= 0.3 is 5.97 Å². The number of esters is 1. The molecule has 1 aliphatic rings. The first-order valence-corrected chi connectivity index (χ1v) is 10.0. The summed E-state index contributed by atoms with van der Waals surface area (Å²) in [6.07, 6.45) is 2.30. The Bertz CT molecular complexity index is 765. The first-order valence-electron chi connectivity index (χ1n) is 10.0. The van der Waals surface area contributed by atoms with E-state index in [9.17, 15) is 19.2 Å². The molecule has 0 aliphatic carbocycles. The zero-order valence-corrected chi connectivity index (χ0v) is 17.4. The van der Waals surface area contributed by atoms with Crippen molar-refractivity contribution in [1.82, 2.24) is 10.2 Å². The molecule has 1 fully saturated rings. The van der Waals surface area contributed by atoms with Gasteiger partial charge in [0.25, 0.3) is 5.91 Å². The van der Waals surface area contributed by atoms with Crippen molar-refractivity contribution < 1.29 is 28.7 Å². The summed E-state index contributed by atoms with van der Waals surface area (Å²) in [7, 11) is 1.57.